The number of ether oxygens (including phenoxy) is 1. The molecule has 1 aromatic carbocycles. The van der Waals surface area contributed by atoms with Crippen LogP contribution in [0.25, 0.3) is 0 Å². The molecule has 2 N–H and O–H groups in total. The van der Waals surface area contributed by atoms with Crippen molar-refractivity contribution in [1.29, 1.82) is 0 Å². The van der Waals surface area contributed by atoms with Crippen LogP contribution in [0.4, 0.5) is 9.18 Å². The molecule has 2 heterocycles. The van der Waals surface area contributed by atoms with E-state index in [2.05, 4.69) is 10.3 Å². The molecule has 0 spiro atoms. The highest BCUT2D eigenvalue weighted by atomic mass is 19.1. The number of halogens is 1. The van der Waals surface area contributed by atoms with Crippen LogP contribution < -0.4 is 10.9 Å². The molecule has 1 aliphatic heterocycles. The minimum atomic E-state index is -0.761. The SMILES string of the molecule is Cc1cc(CNC(=O)c2nc3n(c(=O)c2O)CC(C)(C)CCC3N(C)C(=O)OC(C)(C)C)ccc1F. The Balaban J connectivity index is 1.99. The molecule has 0 aliphatic carbocycles. The van der Waals surface area contributed by atoms with Gasteiger partial charge < -0.3 is 20.1 Å². The van der Waals surface area contributed by atoms with Crippen molar-refractivity contribution in [2.45, 2.75) is 79.1 Å². The highest BCUT2D eigenvalue weighted by Crippen LogP contribution is 2.36. The van der Waals surface area contributed by atoms with E-state index in [9.17, 15) is 23.9 Å². The van der Waals surface area contributed by atoms with Gasteiger partial charge in [0.25, 0.3) is 11.5 Å². The van der Waals surface area contributed by atoms with Gasteiger partial charge in [-0.3, -0.25) is 14.2 Å². The van der Waals surface area contributed by atoms with E-state index in [-0.39, 0.29) is 30.1 Å². The van der Waals surface area contributed by atoms with Gasteiger partial charge in [0.2, 0.25) is 5.75 Å². The molecule has 10 heteroatoms. The predicted octanol–water partition coefficient (Wildman–Crippen LogP) is 4.05. The average Bonchev–Trinajstić information content (AvgIpc) is 2.90. The van der Waals surface area contributed by atoms with Crippen LogP contribution in [0.1, 0.15) is 80.9 Å². The second-order valence-corrected chi connectivity index (χ2v) is 11.1. The Morgan fingerprint density at radius 2 is 2.00 bits per heavy atom. The summed E-state index contributed by atoms with van der Waals surface area (Å²) in [6.07, 6.45) is 0.564. The summed E-state index contributed by atoms with van der Waals surface area (Å²) >= 11 is 0. The maximum absolute atomic E-state index is 13.6. The van der Waals surface area contributed by atoms with Crippen LogP contribution in [0.5, 0.6) is 5.75 Å². The third kappa shape index (κ3) is 6.03. The fraction of sp³-hybridized carbons (Fsp3) is 0.538. The lowest BCUT2D eigenvalue weighted by Gasteiger charge is -2.30. The lowest BCUT2D eigenvalue weighted by molar-refractivity contribution is 0.0198. The van der Waals surface area contributed by atoms with Crippen molar-refractivity contribution >= 4 is 12.0 Å². The molecule has 1 unspecified atom stereocenters. The number of aryl methyl sites for hydroxylation is 1. The van der Waals surface area contributed by atoms with E-state index in [1.54, 1.807) is 40.8 Å². The fourth-order valence-electron chi connectivity index (χ4n) is 4.20. The minimum Gasteiger partial charge on any atom is -0.501 e. The summed E-state index contributed by atoms with van der Waals surface area (Å²) in [5.74, 6) is -1.66. The molecule has 1 atom stereocenters. The Kier molecular flexibility index (Phi) is 7.48. The zero-order valence-electron chi connectivity index (χ0n) is 21.9. The monoisotopic (exact) mass is 502 g/mol. The van der Waals surface area contributed by atoms with Crippen LogP contribution in [-0.4, -0.2) is 44.2 Å². The maximum atomic E-state index is 13.6. The molecule has 1 aromatic heterocycles. The van der Waals surface area contributed by atoms with Crippen molar-refractivity contribution in [3.8, 4) is 5.75 Å². The topological polar surface area (TPSA) is 114 Å². The molecule has 3 rings (SSSR count). The van der Waals surface area contributed by atoms with Gasteiger partial charge in [0.1, 0.15) is 17.2 Å². The lowest BCUT2D eigenvalue weighted by atomic mass is 9.87. The number of fused-ring (bicyclic) bond motifs is 1. The van der Waals surface area contributed by atoms with E-state index >= 15 is 0 Å². The van der Waals surface area contributed by atoms with Crippen LogP contribution >= 0.6 is 0 Å². The van der Waals surface area contributed by atoms with Gasteiger partial charge in [-0.25, -0.2) is 14.2 Å². The molecule has 2 aromatic rings. The predicted molar refractivity (Wildman–Crippen MR) is 132 cm³/mol. The van der Waals surface area contributed by atoms with Crippen molar-refractivity contribution in [3.63, 3.8) is 0 Å². The standard InChI is InChI=1S/C26H35FN4O5/c1-15-12-16(8-9-17(15)27)13-28-22(33)19-20(32)23(34)31-14-26(5,6)11-10-18(21(31)29-19)30(7)24(35)36-25(2,3)4/h8-9,12,18,32H,10-11,13-14H2,1-7H3,(H,28,33). The molecule has 9 nitrogen and oxygen atoms in total. The minimum absolute atomic E-state index is 0.0494. The largest absolute Gasteiger partial charge is 0.501 e. The number of aromatic nitrogens is 2. The van der Waals surface area contributed by atoms with Gasteiger partial charge in [-0.15, -0.1) is 0 Å². The number of carbonyl (C=O) groups is 2. The zero-order valence-corrected chi connectivity index (χ0v) is 21.9. The van der Waals surface area contributed by atoms with E-state index in [0.717, 1.165) is 0 Å². The quantitative estimate of drug-likeness (QED) is 0.652. The number of nitrogens with one attached hydrogen (secondary N) is 1. The molecule has 0 saturated carbocycles. The molecule has 0 radical (unpaired) electrons. The summed E-state index contributed by atoms with van der Waals surface area (Å²) in [6.45, 7) is 11.2. The van der Waals surface area contributed by atoms with Gasteiger partial charge >= 0.3 is 6.09 Å². The number of hydrogen-bond donors (Lipinski definition) is 2. The number of nitrogens with zero attached hydrogens (tertiary/aromatic N) is 3. The van der Waals surface area contributed by atoms with Crippen LogP contribution in [-0.2, 0) is 17.8 Å². The van der Waals surface area contributed by atoms with E-state index in [1.165, 1.54) is 21.6 Å². The molecule has 0 saturated heterocycles. The van der Waals surface area contributed by atoms with Crippen molar-refractivity contribution < 1.29 is 23.8 Å². The maximum Gasteiger partial charge on any atom is 0.410 e. The van der Waals surface area contributed by atoms with E-state index in [4.69, 9.17) is 4.74 Å². The Bertz CT molecular complexity index is 1230. The second-order valence-electron chi connectivity index (χ2n) is 11.1. The summed E-state index contributed by atoms with van der Waals surface area (Å²) in [6, 6.07) is 3.79. The first kappa shape index (κ1) is 27.2. The number of hydrogen-bond acceptors (Lipinski definition) is 6. The number of amides is 2. The number of benzene rings is 1. The summed E-state index contributed by atoms with van der Waals surface area (Å²) in [4.78, 5) is 44.8. The number of carbonyl (C=O) groups excluding carboxylic acids is 2. The zero-order chi connectivity index (χ0) is 27.0. The third-order valence-electron chi connectivity index (χ3n) is 6.19. The van der Waals surface area contributed by atoms with Gasteiger partial charge in [-0.2, -0.15) is 0 Å². The molecular formula is C26H35FN4O5. The Morgan fingerprint density at radius 3 is 2.61 bits per heavy atom. The van der Waals surface area contributed by atoms with E-state index in [0.29, 0.717) is 24.0 Å². The van der Waals surface area contributed by atoms with Crippen molar-refractivity contribution in [2.75, 3.05) is 7.05 Å². The average molecular weight is 503 g/mol. The Labute approximate surface area is 210 Å². The van der Waals surface area contributed by atoms with Gasteiger partial charge in [-0.1, -0.05) is 26.0 Å². The van der Waals surface area contributed by atoms with Crippen molar-refractivity contribution in [2.24, 2.45) is 5.41 Å². The van der Waals surface area contributed by atoms with Crippen LogP contribution in [0, 0.1) is 18.2 Å². The number of aromatic hydroxyl groups is 1. The summed E-state index contributed by atoms with van der Waals surface area (Å²) < 4.78 is 20.4. The van der Waals surface area contributed by atoms with Crippen LogP contribution in [0.15, 0.2) is 23.0 Å². The first-order valence-corrected chi connectivity index (χ1v) is 11.9. The van der Waals surface area contributed by atoms with Crippen LogP contribution in [0.3, 0.4) is 0 Å². The van der Waals surface area contributed by atoms with Crippen LogP contribution in [0.2, 0.25) is 0 Å². The molecular weight excluding hydrogens is 467 g/mol. The molecule has 0 bridgehead atoms. The molecule has 1 aliphatic rings. The highest BCUT2D eigenvalue weighted by Gasteiger charge is 2.37. The van der Waals surface area contributed by atoms with E-state index < -0.39 is 40.6 Å². The first-order chi connectivity index (χ1) is 16.6. The molecule has 196 valence electrons. The third-order valence-corrected chi connectivity index (χ3v) is 6.19. The summed E-state index contributed by atoms with van der Waals surface area (Å²) in [5.41, 5.74) is -1.13. The van der Waals surface area contributed by atoms with Gasteiger partial charge in [-0.05, 0) is 63.1 Å². The van der Waals surface area contributed by atoms with Gasteiger partial charge in [0, 0.05) is 20.1 Å². The molecule has 0 fully saturated rings. The number of rotatable bonds is 4. The first-order valence-electron chi connectivity index (χ1n) is 11.9. The highest BCUT2D eigenvalue weighted by molar-refractivity contribution is 5.94. The smallest absolute Gasteiger partial charge is 0.410 e. The van der Waals surface area contributed by atoms with Gasteiger partial charge in [0.05, 0.1) is 6.04 Å². The van der Waals surface area contributed by atoms with Gasteiger partial charge in [0.15, 0.2) is 5.69 Å². The lowest BCUT2D eigenvalue weighted by Crippen LogP contribution is -2.40. The second kappa shape index (κ2) is 9.91. The Hall–Kier alpha value is -3.43. The normalized spacial score (nSPS) is 17.1. The van der Waals surface area contributed by atoms with Crippen molar-refractivity contribution in [3.05, 3.63) is 57.0 Å². The van der Waals surface area contributed by atoms with E-state index in [1.807, 2.05) is 13.8 Å². The fourth-order valence-corrected chi connectivity index (χ4v) is 4.20. The summed E-state index contributed by atoms with van der Waals surface area (Å²) in [5, 5.41) is 13.3. The summed E-state index contributed by atoms with van der Waals surface area (Å²) in [7, 11) is 1.57. The Morgan fingerprint density at radius 1 is 1.33 bits per heavy atom. The van der Waals surface area contributed by atoms with Crippen molar-refractivity contribution in [1.82, 2.24) is 19.8 Å². The molecule has 36 heavy (non-hydrogen) atoms. The molecule has 2 amide bonds.